The van der Waals surface area contributed by atoms with Crippen molar-refractivity contribution in [2.45, 2.75) is 18.5 Å². The van der Waals surface area contributed by atoms with Gasteiger partial charge in [0.1, 0.15) is 0 Å². The van der Waals surface area contributed by atoms with Gasteiger partial charge in [0.2, 0.25) is 0 Å². The maximum Gasteiger partial charge on any atom is 0.410 e. The number of ether oxygens (including phenoxy) is 1. The standard InChI is InChI=1S/C9H11NO2/c1-12-9(11)10-7-3-2-5(7)6-4-8(6)10/h2-3,5-8H,4H2,1H3/t5-,6+,7-,8-/m1/s1. The first kappa shape index (κ1) is 6.52. The first-order chi connectivity index (χ1) is 5.83. The normalized spacial score (nSPS) is 46.2. The number of rotatable bonds is 0. The van der Waals surface area contributed by atoms with Crippen molar-refractivity contribution in [3.05, 3.63) is 12.2 Å². The van der Waals surface area contributed by atoms with Crippen LogP contribution < -0.4 is 0 Å². The highest BCUT2D eigenvalue weighted by Gasteiger charge is 2.61. The minimum Gasteiger partial charge on any atom is -0.453 e. The highest BCUT2D eigenvalue weighted by Crippen LogP contribution is 2.56. The van der Waals surface area contributed by atoms with E-state index >= 15 is 0 Å². The van der Waals surface area contributed by atoms with Gasteiger partial charge in [-0.05, 0) is 12.3 Å². The van der Waals surface area contributed by atoms with Crippen LogP contribution in [0.2, 0.25) is 0 Å². The Kier molecular flexibility index (Phi) is 1.000. The zero-order valence-corrected chi connectivity index (χ0v) is 6.93. The molecular weight excluding hydrogens is 154 g/mol. The lowest BCUT2D eigenvalue weighted by molar-refractivity contribution is 0.112. The van der Waals surface area contributed by atoms with Crippen LogP contribution in [0.15, 0.2) is 12.2 Å². The van der Waals surface area contributed by atoms with E-state index in [4.69, 9.17) is 4.74 Å². The second-order valence-corrected chi connectivity index (χ2v) is 3.80. The number of fused-ring (bicyclic) bond motifs is 3. The van der Waals surface area contributed by atoms with Crippen LogP contribution in [0.5, 0.6) is 0 Å². The Morgan fingerprint density at radius 2 is 2.42 bits per heavy atom. The highest BCUT2D eigenvalue weighted by molar-refractivity contribution is 5.71. The SMILES string of the molecule is COC(=O)N1[C@@H]2C=C[C@@H]2[C@@H]2C[C@H]21. The molecule has 0 aromatic carbocycles. The van der Waals surface area contributed by atoms with E-state index in [0.717, 1.165) is 5.92 Å². The topological polar surface area (TPSA) is 29.5 Å². The van der Waals surface area contributed by atoms with Crippen molar-refractivity contribution in [2.75, 3.05) is 7.11 Å². The monoisotopic (exact) mass is 165 g/mol. The van der Waals surface area contributed by atoms with Gasteiger partial charge in [0.25, 0.3) is 0 Å². The quantitative estimate of drug-likeness (QED) is 0.501. The summed E-state index contributed by atoms with van der Waals surface area (Å²) >= 11 is 0. The van der Waals surface area contributed by atoms with E-state index < -0.39 is 0 Å². The molecule has 3 rings (SSSR count). The molecule has 1 saturated carbocycles. The molecule has 0 bridgehead atoms. The van der Waals surface area contributed by atoms with Gasteiger partial charge in [-0.15, -0.1) is 0 Å². The van der Waals surface area contributed by atoms with E-state index in [1.807, 2.05) is 4.90 Å². The van der Waals surface area contributed by atoms with E-state index in [1.165, 1.54) is 13.5 Å². The molecule has 1 saturated heterocycles. The fraction of sp³-hybridized carbons (Fsp3) is 0.667. The van der Waals surface area contributed by atoms with Gasteiger partial charge < -0.3 is 4.74 Å². The summed E-state index contributed by atoms with van der Waals surface area (Å²) in [4.78, 5) is 13.2. The molecule has 2 aliphatic carbocycles. The summed E-state index contributed by atoms with van der Waals surface area (Å²) < 4.78 is 4.74. The Morgan fingerprint density at radius 3 is 2.92 bits per heavy atom. The van der Waals surface area contributed by atoms with Gasteiger partial charge in [-0.2, -0.15) is 0 Å². The van der Waals surface area contributed by atoms with Crippen molar-refractivity contribution in [1.29, 1.82) is 0 Å². The van der Waals surface area contributed by atoms with Crippen LogP contribution in [-0.4, -0.2) is 30.2 Å². The van der Waals surface area contributed by atoms with Crippen LogP contribution in [0.1, 0.15) is 6.42 Å². The molecule has 3 heteroatoms. The van der Waals surface area contributed by atoms with Gasteiger partial charge in [0.05, 0.1) is 13.2 Å². The van der Waals surface area contributed by atoms with E-state index in [2.05, 4.69) is 12.2 Å². The number of carbonyl (C=O) groups is 1. The van der Waals surface area contributed by atoms with Gasteiger partial charge in [-0.25, -0.2) is 4.79 Å². The fourth-order valence-corrected chi connectivity index (χ4v) is 2.53. The number of likely N-dealkylation sites (tertiary alicyclic amines) is 1. The number of amides is 1. The Morgan fingerprint density at radius 1 is 1.58 bits per heavy atom. The molecule has 2 fully saturated rings. The van der Waals surface area contributed by atoms with Crippen molar-refractivity contribution < 1.29 is 9.53 Å². The van der Waals surface area contributed by atoms with Gasteiger partial charge in [0.15, 0.2) is 0 Å². The Bertz CT molecular complexity index is 274. The van der Waals surface area contributed by atoms with E-state index in [9.17, 15) is 4.79 Å². The summed E-state index contributed by atoms with van der Waals surface area (Å²) in [5.74, 6) is 1.40. The maximum atomic E-state index is 11.3. The van der Waals surface area contributed by atoms with Crippen LogP contribution in [0.25, 0.3) is 0 Å². The van der Waals surface area contributed by atoms with Gasteiger partial charge in [-0.1, -0.05) is 12.2 Å². The number of nitrogens with zero attached hydrogens (tertiary/aromatic N) is 1. The number of carbonyl (C=O) groups excluding carboxylic acids is 1. The molecule has 3 nitrogen and oxygen atoms in total. The highest BCUT2D eigenvalue weighted by atomic mass is 16.5. The molecule has 0 N–H and O–H groups in total. The van der Waals surface area contributed by atoms with Gasteiger partial charge in [0, 0.05) is 12.0 Å². The molecule has 0 aromatic rings. The zero-order valence-electron chi connectivity index (χ0n) is 6.93. The smallest absolute Gasteiger partial charge is 0.410 e. The third-order valence-corrected chi connectivity index (χ3v) is 3.29. The summed E-state index contributed by atoms with van der Waals surface area (Å²) in [7, 11) is 1.45. The van der Waals surface area contributed by atoms with E-state index in [0.29, 0.717) is 18.0 Å². The molecule has 1 heterocycles. The molecule has 0 unspecified atom stereocenters. The predicted molar refractivity (Wildman–Crippen MR) is 42.6 cm³/mol. The lowest BCUT2D eigenvalue weighted by atomic mass is 9.87. The van der Waals surface area contributed by atoms with E-state index in [-0.39, 0.29) is 6.09 Å². The largest absolute Gasteiger partial charge is 0.453 e. The molecule has 12 heavy (non-hydrogen) atoms. The summed E-state index contributed by atoms with van der Waals surface area (Å²) in [6, 6.07) is 0.851. The average Bonchev–Trinajstić information content (AvgIpc) is 2.72. The minimum absolute atomic E-state index is 0.153. The van der Waals surface area contributed by atoms with E-state index in [1.54, 1.807) is 0 Å². The van der Waals surface area contributed by atoms with Crippen LogP contribution in [0.3, 0.4) is 0 Å². The van der Waals surface area contributed by atoms with Gasteiger partial charge in [-0.3, -0.25) is 4.90 Å². The van der Waals surface area contributed by atoms with Crippen LogP contribution >= 0.6 is 0 Å². The summed E-state index contributed by atoms with van der Waals surface area (Å²) in [6.45, 7) is 0. The Hall–Kier alpha value is -0.990. The molecule has 0 aromatic heterocycles. The number of hydrogen-bond donors (Lipinski definition) is 0. The number of methoxy groups -OCH3 is 1. The fourth-order valence-electron chi connectivity index (χ4n) is 2.53. The molecule has 0 radical (unpaired) electrons. The molecule has 1 aliphatic heterocycles. The second-order valence-electron chi connectivity index (χ2n) is 3.80. The molecule has 64 valence electrons. The lowest BCUT2D eigenvalue weighted by Gasteiger charge is -2.32. The third-order valence-electron chi connectivity index (χ3n) is 3.29. The summed E-state index contributed by atoms with van der Waals surface area (Å²) in [5, 5.41) is 0. The van der Waals surface area contributed by atoms with Crippen LogP contribution in [0.4, 0.5) is 4.79 Å². The first-order valence-corrected chi connectivity index (χ1v) is 4.37. The van der Waals surface area contributed by atoms with Crippen molar-refractivity contribution in [1.82, 2.24) is 4.90 Å². The van der Waals surface area contributed by atoms with Crippen LogP contribution in [-0.2, 0) is 4.74 Å². The zero-order chi connectivity index (χ0) is 8.29. The minimum atomic E-state index is -0.153. The van der Waals surface area contributed by atoms with Crippen molar-refractivity contribution >= 4 is 6.09 Å². The number of hydrogen-bond acceptors (Lipinski definition) is 2. The molecule has 0 spiro atoms. The molecular formula is C9H11NO2. The number of piperidine rings is 1. The maximum absolute atomic E-state index is 11.3. The van der Waals surface area contributed by atoms with Crippen LogP contribution in [0, 0.1) is 11.8 Å². The molecule has 1 amide bonds. The first-order valence-electron chi connectivity index (χ1n) is 4.37. The van der Waals surface area contributed by atoms with Crippen molar-refractivity contribution in [3.8, 4) is 0 Å². The Balaban J connectivity index is 1.87. The summed E-state index contributed by atoms with van der Waals surface area (Å²) in [5.41, 5.74) is 0. The molecule has 3 aliphatic rings. The second kappa shape index (κ2) is 1.84. The summed E-state index contributed by atoms with van der Waals surface area (Å²) in [6.07, 6.45) is 5.35. The third kappa shape index (κ3) is 0.564. The predicted octanol–water partition coefficient (Wildman–Crippen LogP) is 1.01. The molecule has 4 atom stereocenters. The lowest BCUT2D eigenvalue weighted by Crippen LogP contribution is -2.42. The van der Waals surface area contributed by atoms with Crippen molar-refractivity contribution in [2.24, 2.45) is 11.8 Å². The average molecular weight is 165 g/mol. The Labute approximate surface area is 71.0 Å². The van der Waals surface area contributed by atoms with Gasteiger partial charge >= 0.3 is 6.09 Å². The van der Waals surface area contributed by atoms with Crippen molar-refractivity contribution in [3.63, 3.8) is 0 Å².